The minimum atomic E-state index is -3.55. The Morgan fingerprint density at radius 3 is 2.67 bits per heavy atom. The third-order valence-corrected chi connectivity index (χ3v) is 5.12. The van der Waals surface area contributed by atoms with Gasteiger partial charge in [0.05, 0.1) is 11.4 Å². The zero-order chi connectivity index (χ0) is 15.3. The molecular formula is C15H21N3O2S. The predicted molar refractivity (Wildman–Crippen MR) is 83.2 cm³/mol. The van der Waals surface area contributed by atoms with Crippen LogP contribution in [0.25, 0.3) is 0 Å². The normalized spacial score (nSPS) is 17.2. The minimum Gasteiger partial charge on any atom is -0.320 e. The molecule has 0 aromatic heterocycles. The zero-order valence-electron chi connectivity index (χ0n) is 12.2. The Kier molecular flexibility index (Phi) is 5.37. The number of hydrogen-bond donors (Lipinski definition) is 2. The average molecular weight is 307 g/mol. The molecule has 0 spiro atoms. The number of hydrogen-bond acceptors (Lipinski definition) is 4. The van der Waals surface area contributed by atoms with Gasteiger partial charge in [-0.25, -0.2) is 13.1 Å². The summed E-state index contributed by atoms with van der Waals surface area (Å²) in [6, 6.07) is 6.75. The van der Waals surface area contributed by atoms with Gasteiger partial charge in [0.1, 0.15) is 0 Å². The summed E-state index contributed by atoms with van der Waals surface area (Å²) in [7, 11) is -1.51. The van der Waals surface area contributed by atoms with Crippen LogP contribution in [0.15, 0.2) is 29.2 Å². The number of nitrogens with zero attached hydrogens (tertiary/aromatic N) is 1. The van der Waals surface area contributed by atoms with Gasteiger partial charge in [-0.1, -0.05) is 24.0 Å². The highest BCUT2D eigenvalue weighted by molar-refractivity contribution is 7.89. The summed E-state index contributed by atoms with van der Waals surface area (Å²) in [5, 5.41) is 0. The van der Waals surface area contributed by atoms with Crippen LogP contribution in [0.4, 0.5) is 0 Å². The lowest BCUT2D eigenvalue weighted by Crippen LogP contribution is -2.43. The Morgan fingerprint density at radius 1 is 1.33 bits per heavy atom. The number of nitrogens with one attached hydrogen (secondary N) is 1. The molecule has 1 aliphatic rings. The molecule has 0 radical (unpaired) electrons. The second kappa shape index (κ2) is 7.05. The van der Waals surface area contributed by atoms with E-state index in [9.17, 15) is 8.42 Å². The highest BCUT2D eigenvalue weighted by atomic mass is 32.2. The SMILES string of the molecule is CN1CCC(NS(=O)(=O)c2ccccc2C#CCN)CC1. The molecule has 3 N–H and O–H groups in total. The van der Waals surface area contributed by atoms with Crippen molar-refractivity contribution in [1.29, 1.82) is 0 Å². The van der Waals surface area contributed by atoms with Gasteiger partial charge >= 0.3 is 0 Å². The third-order valence-electron chi connectivity index (χ3n) is 3.54. The first-order valence-electron chi connectivity index (χ1n) is 7.02. The summed E-state index contributed by atoms with van der Waals surface area (Å²) in [5.41, 5.74) is 5.84. The highest BCUT2D eigenvalue weighted by Crippen LogP contribution is 2.17. The van der Waals surface area contributed by atoms with Crippen molar-refractivity contribution in [2.75, 3.05) is 26.7 Å². The molecule has 6 heteroatoms. The summed E-state index contributed by atoms with van der Waals surface area (Å²) in [4.78, 5) is 2.43. The second-order valence-corrected chi connectivity index (χ2v) is 6.88. The molecule has 1 fully saturated rings. The number of benzene rings is 1. The van der Waals surface area contributed by atoms with Gasteiger partial charge in [-0.15, -0.1) is 0 Å². The van der Waals surface area contributed by atoms with Gasteiger partial charge in [0.2, 0.25) is 10.0 Å². The fourth-order valence-electron chi connectivity index (χ4n) is 2.36. The minimum absolute atomic E-state index is 0.0123. The monoisotopic (exact) mass is 307 g/mol. The van der Waals surface area contributed by atoms with Crippen molar-refractivity contribution in [2.45, 2.75) is 23.8 Å². The summed E-state index contributed by atoms with van der Waals surface area (Å²) in [6.45, 7) is 2.01. The van der Waals surface area contributed by atoms with E-state index >= 15 is 0 Å². The van der Waals surface area contributed by atoms with Crippen molar-refractivity contribution in [3.63, 3.8) is 0 Å². The van der Waals surface area contributed by atoms with Gasteiger partial charge < -0.3 is 10.6 Å². The Morgan fingerprint density at radius 2 is 2.00 bits per heavy atom. The summed E-state index contributed by atoms with van der Waals surface area (Å²) in [5.74, 6) is 5.53. The standard InChI is InChI=1S/C15H21N3O2S/c1-18-11-8-14(9-12-18)17-21(19,20)15-7-3-2-5-13(15)6-4-10-16/h2-3,5,7,14,17H,8-12,16H2,1H3. The molecule has 0 saturated carbocycles. The lowest BCUT2D eigenvalue weighted by molar-refractivity contribution is 0.248. The van der Waals surface area contributed by atoms with E-state index in [2.05, 4.69) is 21.5 Å². The first kappa shape index (κ1) is 16.0. The van der Waals surface area contributed by atoms with E-state index in [0.29, 0.717) is 5.56 Å². The van der Waals surface area contributed by atoms with E-state index in [1.54, 1.807) is 24.3 Å². The molecule has 0 aliphatic carbocycles. The van der Waals surface area contributed by atoms with E-state index in [0.717, 1.165) is 25.9 Å². The molecule has 0 bridgehead atoms. The summed E-state index contributed by atoms with van der Waals surface area (Å²) >= 11 is 0. The average Bonchev–Trinajstić information content (AvgIpc) is 2.47. The molecule has 1 saturated heterocycles. The van der Waals surface area contributed by atoms with Gasteiger partial charge in [-0.2, -0.15) is 0 Å². The quantitative estimate of drug-likeness (QED) is 0.791. The Labute approximate surface area is 126 Å². The van der Waals surface area contributed by atoms with E-state index in [1.165, 1.54) is 0 Å². The van der Waals surface area contributed by atoms with Gasteiger partial charge in [0.25, 0.3) is 0 Å². The van der Waals surface area contributed by atoms with Crippen molar-refractivity contribution in [1.82, 2.24) is 9.62 Å². The van der Waals surface area contributed by atoms with E-state index < -0.39 is 10.0 Å². The number of sulfonamides is 1. The number of nitrogens with two attached hydrogens (primary N) is 1. The first-order valence-corrected chi connectivity index (χ1v) is 8.50. The molecule has 114 valence electrons. The Hall–Kier alpha value is -1.39. The maximum atomic E-state index is 12.5. The lowest BCUT2D eigenvalue weighted by Gasteiger charge is -2.29. The molecule has 2 rings (SSSR count). The van der Waals surface area contributed by atoms with E-state index in [4.69, 9.17) is 5.73 Å². The zero-order valence-corrected chi connectivity index (χ0v) is 13.0. The molecule has 21 heavy (non-hydrogen) atoms. The Balaban J connectivity index is 2.20. The highest BCUT2D eigenvalue weighted by Gasteiger charge is 2.24. The smallest absolute Gasteiger partial charge is 0.242 e. The second-order valence-electron chi connectivity index (χ2n) is 5.20. The van der Waals surface area contributed by atoms with Crippen LogP contribution in [0, 0.1) is 11.8 Å². The molecule has 1 aliphatic heterocycles. The van der Waals surface area contributed by atoms with Crippen LogP contribution < -0.4 is 10.5 Å². The van der Waals surface area contributed by atoms with Crippen LogP contribution in [0.1, 0.15) is 18.4 Å². The number of piperidine rings is 1. The molecule has 0 amide bonds. The maximum absolute atomic E-state index is 12.5. The van der Waals surface area contributed by atoms with Crippen LogP contribution in [0.3, 0.4) is 0 Å². The number of rotatable bonds is 3. The molecule has 5 nitrogen and oxygen atoms in total. The van der Waals surface area contributed by atoms with Crippen LogP contribution in [0.5, 0.6) is 0 Å². The topological polar surface area (TPSA) is 75.4 Å². The maximum Gasteiger partial charge on any atom is 0.242 e. The van der Waals surface area contributed by atoms with Gasteiger partial charge in [0, 0.05) is 11.6 Å². The summed E-state index contributed by atoms with van der Waals surface area (Å²) < 4.78 is 27.9. The molecule has 1 aromatic rings. The van der Waals surface area contributed by atoms with Crippen molar-refractivity contribution >= 4 is 10.0 Å². The van der Waals surface area contributed by atoms with Crippen molar-refractivity contribution in [3.05, 3.63) is 29.8 Å². The molecule has 0 unspecified atom stereocenters. The fraction of sp³-hybridized carbons (Fsp3) is 0.467. The van der Waals surface area contributed by atoms with Crippen LogP contribution in [0.2, 0.25) is 0 Å². The molecule has 0 atom stereocenters. The fourth-order valence-corrected chi connectivity index (χ4v) is 3.83. The van der Waals surface area contributed by atoms with Crippen molar-refractivity contribution in [3.8, 4) is 11.8 Å². The van der Waals surface area contributed by atoms with Crippen molar-refractivity contribution in [2.24, 2.45) is 5.73 Å². The van der Waals surface area contributed by atoms with Crippen LogP contribution in [-0.4, -0.2) is 46.0 Å². The molecular weight excluding hydrogens is 286 g/mol. The largest absolute Gasteiger partial charge is 0.320 e. The number of likely N-dealkylation sites (tertiary alicyclic amines) is 1. The van der Waals surface area contributed by atoms with Crippen LogP contribution in [-0.2, 0) is 10.0 Å². The van der Waals surface area contributed by atoms with Gasteiger partial charge in [-0.05, 0) is 45.1 Å². The first-order chi connectivity index (χ1) is 10.0. The van der Waals surface area contributed by atoms with Crippen molar-refractivity contribution < 1.29 is 8.42 Å². The molecule has 1 aromatic carbocycles. The lowest BCUT2D eigenvalue weighted by atomic mass is 10.1. The predicted octanol–water partition coefficient (Wildman–Crippen LogP) is 0.369. The van der Waals surface area contributed by atoms with Gasteiger partial charge in [0.15, 0.2) is 0 Å². The third kappa shape index (κ3) is 4.29. The summed E-state index contributed by atoms with van der Waals surface area (Å²) in [6.07, 6.45) is 1.65. The van der Waals surface area contributed by atoms with Crippen LogP contribution >= 0.6 is 0 Å². The van der Waals surface area contributed by atoms with E-state index in [1.807, 2.05) is 7.05 Å². The Bertz CT molecular complexity index is 638. The van der Waals surface area contributed by atoms with Gasteiger partial charge in [-0.3, -0.25) is 0 Å². The molecule has 1 heterocycles. The van der Waals surface area contributed by atoms with E-state index in [-0.39, 0.29) is 17.5 Å².